The minimum atomic E-state index is -0.766. The first-order valence-electron chi connectivity index (χ1n) is 6.87. The fourth-order valence-corrected chi connectivity index (χ4v) is 2.73. The molecule has 0 bridgehead atoms. The largest absolute Gasteiger partial charge is 0.466 e. The van der Waals surface area contributed by atoms with Crippen molar-refractivity contribution in [1.29, 1.82) is 0 Å². The minimum absolute atomic E-state index is 0.585. The van der Waals surface area contributed by atoms with Crippen LogP contribution in [0.1, 0.15) is 23.0 Å². The van der Waals surface area contributed by atoms with E-state index < -0.39 is 6.10 Å². The van der Waals surface area contributed by atoms with Crippen LogP contribution in [0.25, 0.3) is 21.9 Å². The Kier molecular flexibility index (Phi) is 2.62. The Bertz CT molecular complexity index is 930. The van der Waals surface area contributed by atoms with Gasteiger partial charge in [0.15, 0.2) is 0 Å². The Morgan fingerprint density at radius 2 is 1.76 bits per heavy atom. The van der Waals surface area contributed by atoms with Crippen LogP contribution in [0.5, 0.6) is 0 Å². The first-order valence-corrected chi connectivity index (χ1v) is 6.87. The number of para-hydroxylation sites is 1. The highest BCUT2D eigenvalue weighted by atomic mass is 16.4. The fourth-order valence-electron chi connectivity index (χ4n) is 2.73. The number of aliphatic hydroxyl groups excluding tert-OH is 1. The summed E-state index contributed by atoms with van der Waals surface area (Å²) in [6.45, 7) is 1.92. The summed E-state index contributed by atoms with van der Waals surface area (Å²) < 4.78 is 11.2. The SMILES string of the molecule is Cc1ccoc1C(O)c1ccc2oc3ccccc3c2c1. The molecule has 0 amide bonds. The molecule has 21 heavy (non-hydrogen) atoms. The monoisotopic (exact) mass is 278 g/mol. The van der Waals surface area contributed by atoms with Gasteiger partial charge in [-0.05, 0) is 42.3 Å². The molecular formula is C18H14O3. The number of rotatable bonds is 2. The van der Waals surface area contributed by atoms with Crippen molar-refractivity contribution in [3.8, 4) is 0 Å². The molecule has 0 aliphatic rings. The number of hydrogen-bond acceptors (Lipinski definition) is 3. The molecule has 0 radical (unpaired) electrons. The van der Waals surface area contributed by atoms with E-state index in [1.54, 1.807) is 6.26 Å². The van der Waals surface area contributed by atoms with Gasteiger partial charge in [-0.2, -0.15) is 0 Å². The van der Waals surface area contributed by atoms with Gasteiger partial charge in [0.05, 0.1) is 6.26 Å². The van der Waals surface area contributed by atoms with E-state index in [0.717, 1.165) is 33.1 Å². The van der Waals surface area contributed by atoms with Gasteiger partial charge in [-0.1, -0.05) is 24.3 Å². The maximum Gasteiger partial charge on any atom is 0.139 e. The summed E-state index contributed by atoms with van der Waals surface area (Å²) in [6, 6.07) is 15.5. The van der Waals surface area contributed by atoms with Crippen molar-refractivity contribution >= 4 is 21.9 Å². The zero-order valence-corrected chi connectivity index (χ0v) is 11.5. The third kappa shape index (κ3) is 1.86. The minimum Gasteiger partial charge on any atom is -0.466 e. The van der Waals surface area contributed by atoms with Gasteiger partial charge in [0.25, 0.3) is 0 Å². The third-order valence-corrected chi connectivity index (χ3v) is 3.87. The van der Waals surface area contributed by atoms with Gasteiger partial charge >= 0.3 is 0 Å². The maximum absolute atomic E-state index is 10.5. The molecule has 2 aromatic heterocycles. The topological polar surface area (TPSA) is 46.5 Å². The van der Waals surface area contributed by atoms with E-state index in [9.17, 15) is 5.11 Å². The summed E-state index contributed by atoms with van der Waals surface area (Å²) in [6.07, 6.45) is 0.831. The van der Waals surface area contributed by atoms with E-state index in [4.69, 9.17) is 8.83 Å². The van der Waals surface area contributed by atoms with Crippen molar-refractivity contribution in [1.82, 2.24) is 0 Å². The second kappa shape index (κ2) is 4.50. The Balaban J connectivity index is 1.90. The van der Waals surface area contributed by atoms with Crippen LogP contribution < -0.4 is 0 Å². The van der Waals surface area contributed by atoms with Gasteiger partial charge in [0, 0.05) is 10.8 Å². The van der Waals surface area contributed by atoms with Crippen molar-refractivity contribution in [2.75, 3.05) is 0 Å². The van der Waals surface area contributed by atoms with Crippen LogP contribution in [0.15, 0.2) is 63.6 Å². The van der Waals surface area contributed by atoms with Crippen LogP contribution in [-0.4, -0.2) is 5.11 Å². The zero-order valence-electron chi connectivity index (χ0n) is 11.5. The van der Waals surface area contributed by atoms with Gasteiger partial charge in [0.1, 0.15) is 23.0 Å². The molecular weight excluding hydrogens is 264 g/mol. The van der Waals surface area contributed by atoms with E-state index in [1.807, 2.05) is 55.5 Å². The third-order valence-electron chi connectivity index (χ3n) is 3.87. The quantitative estimate of drug-likeness (QED) is 0.584. The average molecular weight is 278 g/mol. The number of furan rings is 2. The number of aryl methyl sites for hydroxylation is 1. The second-order valence-corrected chi connectivity index (χ2v) is 5.22. The summed E-state index contributed by atoms with van der Waals surface area (Å²) in [7, 11) is 0. The lowest BCUT2D eigenvalue weighted by molar-refractivity contribution is 0.188. The highest BCUT2D eigenvalue weighted by Gasteiger charge is 2.17. The molecule has 2 heterocycles. The second-order valence-electron chi connectivity index (χ2n) is 5.22. The van der Waals surface area contributed by atoms with Crippen LogP contribution in [0.2, 0.25) is 0 Å². The molecule has 4 aromatic rings. The molecule has 0 saturated carbocycles. The van der Waals surface area contributed by atoms with E-state index >= 15 is 0 Å². The molecule has 2 aromatic carbocycles. The molecule has 0 saturated heterocycles. The molecule has 0 aliphatic heterocycles. The Morgan fingerprint density at radius 3 is 2.57 bits per heavy atom. The van der Waals surface area contributed by atoms with E-state index in [-0.39, 0.29) is 0 Å². The molecule has 0 spiro atoms. The van der Waals surface area contributed by atoms with Crippen LogP contribution in [0, 0.1) is 6.92 Å². The summed E-state index contributed by atoms with van der Waals surface area (Å²) in [4.78, 5) is 0. The van der Waals surface area contributed by atoms with Gasteiger partial charge in [-0.3, -0.25) is 0 Å². The Labute approximate surface area is 121 Å². The molecule has 0 aliphatic carbocycles. The van der Waals surface area contributed by atoms with E-state index in [1.165, 1.54) is 0 Å². The van der Waals surface area contributed by atoms with Crippen molar-refractivity contribution in [3.05, 3.63) is 71.7 Å². The molecule has 4 rings (SSSR count). The lowest BCUT2D eigenvalue weighted by Gasteiger charge is -2.09. The van der Waals surface area contributed by atoms with Crippen molar-refractivity contribution in [3.63, 3.8) is 0 Å². The lowest BCUT2D eigenvalue weighted by atomic mass is 10.0. The molecule has 1 N–H and O–H groups in total. The van der Waals surface area contributed by atoms with E-state index in [0.29, 0.717) is 5.76 Å². The number of hydrogen-bond donors (Lipinski definition) is 1. The van der Waals surface area contributed by atoms with Crippen LogP contribution in [0.4, 0.5) is 0 Å². The maximum atomic E-state index is 10.5. The first-order chi connectivity index (χ1) is 10.2. The smallest absolute Gasteiger partial charge is 0.139 e. The van der Waals surface area contributed by atoms with Gasteiger partial charge < -0.3 is 13.9 Å². The highest BCUT2D eigenvalue weighted by molar-refractivity contribution is 6.05. The Morgan fingerprint density at radius 1 is 0.952 bits per heavy atom. The number of benzene rings is 2. The highest BCUT2D eigenvalue weighted by Crippen LogP contribution is 2.33. The van der Waals surface area contributed by atoms with Gasteiger partial charge in [0.2, 0.25) is 0 Å². The van der Waals surface area contributed by atoms with Crippen molar-refractivity contribution in [2.45, 2.75) is 13.0 Å². The fraction of sp³-hybridized carbons (Fsp3) is 0.111. The zero-order chi connectivity index (χ0) is 14.4. The number of fused-ring (bicyclic) bond motifs is 3. The molecule has 3 heteroatoms. The predicted molar refractivity (Wildman–Crippen MR) is 81.2 cm³/mol. The molecule has 0 fully saturated rings. The predicted octanol–water partition coefficient (Wildman–Crippen LogP) is 4.57. The number of aliphatic hydroxyl groups is 1. The normalized spacial score (nSPS) is 13.0. The molecule has 3 nitrogen and oxygen atoms in total. The summed E-state index contributed by atoms with van der Waals surface area (Å²) in [5.74, 6) is 0.585. The van der Waals surface area contributed by atoms with Crippen LogP contribution in [0.3, 0.4) is 0 Å². The Hall–Kier alpha value is -2.52. The standard InChI is InChI=1S/C18H14O3/c1-11-8-9-20-18(11)17(19)12-6-7-16-14(10-12)13-4-2-3-5-15(13)21-16/h2-10,17,19H,1H3. The average Bonchev–Trinajstić information content (AvgIpc) is 3.09. The first kappa shape index (κ1) is 12.2. The molecule has 1 atom stereocenters. The summed E-state index contributed by atoms with van der Waals surface area (Å²) >= 11 is 0. The van der Waals surface area contributed by atoms with Crippen LogP contribution in [-0.2, 0) is 0 Å². The van der Waals surface area contributed by atoms with Gasteiger partial charge in [-0.15, -0.1) is 0 Å². The van der Waals surface area contributed by atoms with Crippen molar-refractivity contribution < 1.29 is 13.9 Å². The van der Waals surface area contributed by atoms with Crippen molar-refractivity contribution in [2.24, 2.45) is 0 Å². The summed E-state index contributed by atoms with van der Waals surface area (Å²) in [5.41, 5.74) is 3.42. The van der Waals surface area contributed by atoms with Crippen LogP contribution >= 0.6 is 0 Å². The van der Waals surface area contributed by atoms with Gasteiger partial charge in [-0.25, -0.2) is 0 Å². The molecule has 104 valence electrons. The summed E-state index contributed by atoms with van der Waals surface area (Å²) in [5, 5.41) is 12.6. The lowest BCUT2D eigenvalue weighted by Crippen LogP contribution is -1.99. The molecule has 1 unspecified atom stereocenters. The van der Waals surface area contributed by atoms with E-state index in [2.05, 4.69) is 0 Å².